The van der Waals surface area contributed by atoms with E-state index in [0.29, 0.717) is 23.5 Å². The van der Waals surface area contributed by atoms with Crippen LogP contribution in [0, 0.1) is 5.82 Å². The molecule has 1 aliphatic heterocycles. The number of benzene rings is 2. The van der Waals surface area contributed by atoms with E-state index in [1.54, 1.807) is 43.5 Å². The van der Waals surface area contributed by atoms with Crippen molar-refractivity contribution in [2.45, 2.75) is 32.1 Å². The Hall–Kier alpha value is -2.60. The number of likely N-dealkylation sites (tertiary alicyclic amines) is 1. The van der Waals surface area contributed by atoms with Gasteiger partial charge < -0.3 is 20.3 Å². The molecule has 0 bridgehead atoms. The van der Waals surface area contributed by atoms with Gasteiger partial charge in [-0.15, -0.1) is 0 Å². The first-order valence-electron chi connectivity index (χ1n) is 10.4. The highest BCUT2D eigenvalue weighted by atomic mass is 19.1. The van der Waals surface area contributed by atoms with Crippen LogP contribution in [-0.4, -0.2) is 44.2 Å². The molecule has 1 saturated heterocycles. The largest absolute Gasteiger partial charge is 0.497 e. The lowest BCUT2D eigenvalue weighted by Gasteiger charge is -2.26. The zero-order valence-corrected chi connectivity index (χ0v) is 17.0. The second-order valence-electron chi connectivity index (χ2n) is 7.41. The summed E-state index contributed by atoms with van der Waals surface area (Å²) in [6.07, 6.45) is 6.04. The number of ether oxygens (including phenoxy) is 1. The number of hydrogen-bond donors (Lipinski definition) is 2. The highest BCUT2D eigenvalue weighted by molar-refractivity contribution is 5.89. The molecule has 0 radical (unpaired) electrons. The number of nitrogens with one attached hydrogen (secondary N) is 2. The number of carbonyl (C=O) groups is 1. The minimum absolute atomic E-state index is 0.219. The summed E-state index contributed by atoms with van der Waals surface area (Å²) in [6.45, 7) is 4.20. The molecule has 3 rings (SSSR count). The van der Waals surface area contributed by atoms with Gasteiger partial charge in [0, 0.05) is 17.8 Å². The number of carbonyl (C=O) groups excluding carboxylic acids is 1. The summed E-state index contributed by atoms with van der Waals surface area (Å²) in [4.78, 5) is 14.6. The molecule has 0 aromatic heterocycles. The maximum atomic E-state index is 14.1. The predicted octanol–water partition coefficient (Wildman–Crippen LogP) is 4.89. The summed E-state index contributed by atoms with van der Waals surface area (Å²) < 4.78 is 19.2. The Morgan fingerprint density at radius 3 is 2.55 bits per heavy atom. The summed E-state index contributed by atoms with van der Waals surface area (Å²) in [6, 6.07) is 11.5. The molecule has 6 heteroatoms. The number of urea groups is 1. The molecule has 1 heterocycles. The summed E-state index contributed by atoms with van der Waals surface area (Å²) in [5, 5.41) is 5.71. The fraction of sp³-hybridized carbons (Fsp3) is 0.435. The summed E-state index contributed by atoms with van der Waals surface area (Å²) in [5.74, 6) is 0.289. The van der Waals surface area contributed by atoms with Crippen molar-refractivity contribution in [1.29, 1.82) is 0 Å². The van der Waals surface area contributed by atoms with Crippen molar-refractivity contribution in [3.8, 4) is 16.9 Å². The predicted molar refractivity (Wildman–Crippen MR) is 115 cm³/mol. The molecule has 156 valence electrons. The van der Waals surface area contributed by atoms with E-state index in [1.807, 2.05) is 0 Å². The fourth-order valence-electron chi connectivity index (χ4n) is 3.61. The van der Waals surface area contributed by atoms with Crippen molar-refractivity contribution >= 4 is 11.7 Å². The molecule has 1 fully saturated rings. The molecular formula is C23H30FN3O2. The van der Waals surface area contributed by atoms with Gasteiger partial charge in [0.2, 0.25) is 0 Å². The Balaban J connectivity index is 1.41. The Bertz CT molecular complexity index is 789. The van der Waals surface area contributed by atoms with Crippen LogP contribution in [0.5, 0.6) is 5.75 Å². The Morgan fingerprint density at radius 1 is 1.07 bits per heavy atom. The third-order valence-corrected chi connectivity index (χ3v) is 5.26. The van der Waals surface area contributed by atoms with Crippen LogP contribution in [-0.2, 0) is 0 Å². The van der Waals surface area contributed by atoms with Crippen LogP contribution >= 0.6 is 0 Å². The van der Waals surface area contributed by atoms with Gasteiger partial charge in [-0.05, 0) is 81.2 Å². The van der Waals surface area contributed by atoms with Gasteiger partial charge in [0.05, 0.1) is 7.11 Å². The number of halogens is 1. The van der Waals surface area contributed by atoms with Gasteiger partial charge in [-0.2, -0.15) is 0 Å². The topological polar surface area (TPSA) is 53.6 Å². The average molecular weight is 400 g/mol. The second-order valence-corrected chi connectivity index (χ2v) is 7.41. The standard InChI is InChI=1S/C23H30FN3O2/c1-29-20-11-12-22(24)21(17-20)18-7-9-19(10-8-18)26-23(28)25-13-3-6-16-27-14-4-2-5-15-27/h7-12,17H,2-6,13-16H2,1H3,(H2,25,26,28). The monoisotopic (exact) mass is 399 g/mol. The van der Waals surface area contributed by atoms with Crippen LogP contribution in [0.2, 0.25) is 0 Å². The maximum Gasteiger partial charge on any atom is 0.319 e. The van der Waals surface area contributed by atoms with Gasteiger partial charge in [-0.1, -0.05) is 18.6 Å². The van der Waals surface area contributed by atoms with E-state index in [-0.39, 0.29) is 11.8 Å². The van der Waals surface area contributed by atoms with Crippen LogP contribution in [0.1, 0.15) is 32.1 Å². The van der Waals surface area contributed by atoms with Gasteiger partial charge in [-0.3, -0.25) is 0 Å². The van der Waals surface area contributed by atoms with E-state index in [0.717, 1.165) is 24.9 Å². The number of hydrogen-bond acceptors (Lipinski definition) is 3. The molecule has 2 N–H and O–H groups in total. The van der Waals surface area contributed by atoms with Crippen molar-refractivity contribution in [3.05, 3.63) is 48.3 Å². The molecular weight excluding hydrogens is 369 g/mol. The zero-order chi connectivity index (χ0) is 20.5. The molecule has 5 nitrogen and oxygen atoms in total. The fourth-order valence-corrected chi connectivity index (χ4v) is 3.61. The number of rotatable bonds is 8. The quantitative estimate of drug-likeness (QED) is 0.622. The van der Waals surface area contributed by atoms with E-state index in [9.17, 15) is 9.18 Å². The number of piperidine rings is 1. The van der Waals surface area contributed by atoms with Crippen LogP contribution in [0.3, 0.4) is 0 Å². The Kier molecular flexibility index (Phi) is 7.87. The number of amides is 2. The van der Waals surface area contributed by atoms with Gasteiger partial charge in [0.15, 0.2) is 0 Å². The summed E-state index contributed by atoms with van der Waals surface area (Å²) in [5.41, 5.74) is 1.86. The molecule has 0 aliphatic carbocycles. The van der Waals surface area contributed by atoms with E-state index in [4.69, 9.17) is 4.74 Å². The molecule has 29 heavy (non-hydrogen) atoms. The second kappa shape index (κ2) is 10.8. The minimum Gasteiger partial charge on any atom is -0.497 e. The normalized spacial score (nSPS) is 14.4. The molecule has 2 amide bonds. The molecule has 0 saturated carbocycles. The van der Waals surface area contributed by atoms with Crippen LogP contribution in [0.4, 0.5) is 14.9 Å². The third-order valence-electron chi connectivity index (χ3n) is 5.26. The smallest absolute Gasteiger partial charge is 0.319 e. The molecule has 2 aromatic rings. The van der Waals surface area contributed by atoms with Crippen molar-refractivity contribution in [2.24, 2.45) is 0 Å². The van der Waals surface area contributed by atoms with Crippen molar-refractivity contribution in [3.63, 3.8) is 0 Å². The van der Waals surface area contributed by atoms with Crippen molar-refractivity contribution < 1.29 is 13.9 Å². The number of nitrogens with zero attached hydrogens (tertiary/aromatic N) is 1. The van der Waals surface area contributed by atoms with E-state index in [2.05, 4.69) is 15.5 Å². The van der Waals surface area contributed by atoms with Crippen molar-refractivity contribution in [1.82, 2.24) is 10.2 Å². The van der Waals surface area contributed by atoms with Gasteiger partial charge in [-0.25, -0.2) is 9.18 Å². The van der Waals surface area contributed by atoms with Gasteiger partial charge in [0.25, 0.3) is 0 Å². The number of anilines is 1. The zero-order valence-electron chi connectivity index (χ0n) is 17.0. The van der Waals surface area contributed by atoms with E-state index < -0.39 is 0 Å². The number of unbranched alkanes of at least 4 members (excludes halogenated alkanes) is 1. The summed E-state index contributed by atoms with van der Waals surface area (Å²) >= 11 is 0. The van der Waals surface area contributed by atoms with E-state index >= 15 is 0 Å². The summed E-state index contributed by atoms with van der Waals surface area (Å²) in [7, 11) is 1.55. The Labute approximate surface area is 172 Å². The molecule has 2 aromatic carbocycles. The van der Waals surface area contributed by atoms with Crippen LogP contribution in [0.15, 0.2) is 42.5 Å². The lowest BCUT2D eigenvalue weighted by Crippen LogP contribution is -2.32. The van der Waals surface area contributed by atoms with E-state index in [1.165, 1.54) is 38.4 Å². The highest BCUT2D eigenvalue weighted by Crippen LogP contribution is 2.28. The molecule has 0 unspecified atom stereocenters. The molecule has 0 spiro atoms. The lowest BCUT2D eigenvalue weighted by molar-refractivity contribution is 0.224. The van der Waals surface area contributed by atoms with Gasteiger partial charge >= 0.3 is 6.03 Å². The lowest BCUT2D eigenvalue weighted by atomic mass is 10.0. The SMILES string of the molecule is COc1ccc(F)c(-c2ccc(NC(=O)NCCCCN3CCCCC3)cc2)c1. The van der Waals surface area contributed by atoms with Crippen LogP contribution < -0.4 is 15.4 Å². The average Bonchev–Trinajstić information content (AvgIpc) is 2.75. The first-order chi connectivity index (χ1) is 14.2. The first kappa shape index (κ1) is 21.1. The molecule has 1 aliphatic rings. The first-order valence-corrected chi connectivity index (χ1v) is 10.4. The van der Waals surface area contributed by atoms with Crippen LogP contribution in [0.25, 0.3) is 11.1 Å². The maximum absolute atomic E-state index is 14.1. The Morgan fingerprint density at radius 2 is 1.83 bits per heavy atom. The molecule has 0 atom stereocenters. The van der Waals surface area contributed by atoms with Crippen molar-refractivity contribution in [2.75, 3.05) is 38.6 Å². The third kappa shape index (κ3) is 6.46. The highest BCUT2D eigenvalue weighted by Gasteiger charge is 2.10. The minimum atomic E-state index is -0.311. The van der Waals surface area contributed by atoms with Gasteiger partial charge in [0.1, 0.15) is 11.6 Å². The number of methoxy groups -OCH3 is 1.